The second-order valence-corrected chi connectivity index (χ2v) is 7.55. The summed E-state index contributed by atoms with van der Waals surface area (Å²) in [5.41, 5.74) is 1.63. The highest BCUT2D eigenvalue weighted by Crippen LogP contribution is 2.35. The first kappa shape index (κ1) is 19.7. The largest absolute Gasteiger partial charge is 0.375 e. The van der Waals surface area contributed by atoms with Gasteiger partial charge in [0.2, 0.25) is 11.8 Å². The third-order valence-corrected chi connectivity index (χ3v) is 5.43. The van der Waals surface area contributed by atoms with Crippen molar-refractivity contribution in [3.8, 4) is 0 Å². The Bertz CT molecular complexity index is 879. The van der Waals surface area contributed by atoms with Crippen LogP contribution in [0.1, 0.15) is 12.2 Å². The minimum atomic E-state index is -2.93. The minimum Gasteiger partial charge on any atom is -0.375 e. The predicted octanol–water partition coefficient (Wildman–Crippen LogP) is 0.746. The number of alkyl halides is 2. The molecule has 2 aromatic rings. The number of likely N-dealkylation sites (tertiary alicyclic amines) is 2. The number of carbonyl (C=O) groups excluding carboxylic acids is 2. The zero-order valence-corrected chi connectivity index (χ0v) is 16.0. The molecule has 0 bridgehead atoms. The maximum atomic E-state index is 14.1. The van der Waals surface area contributed by atoms with Crippen molar-refractivity contribution in [1.82, 2.24) is 25.1 Å². The molecule has 0 radical (unpaired) electrons. The number of aromatic nitrogens is 2. The molecule has 2 aliphatic rings. The Morgan fingerprint density at radius 1 is 1.34 bits per heavy atom. The fourth-order valence-corrected chi connectivity index (χ4v) is 3.93. The van der Waals surface area contributed by atoms with Gasteiger partial charge in [-0.15, -0.1) is 0 Å². The Balaban J connectivity index is 1.37. The number of aromatic amines is 1. The monoisotopic (exact) mass is 407 g/mol. The van der Waals surface area contributed by atoms with Crippen LogP contribution in [-0.4, -0.2) is 82.9 Å². The lowest BCUT2D eigenvalue weighted by Crippen LogP contribution is -2.64. The standard InChI is InChI=1S/C19H23F2N5O3/c1-29-10-17(27)25-8-12(9-25)26-11-19(20,21)6-15(26)18(28)22-7-16-23-13-4-2-3-5-14(13)24-16/h2-5,12,15H,6-11H2,1H3,(H,22,28)(H,23,24)/t15-/m0/s1. The van der Waals surface area contributed by atoms with Crippen molar-refractivity contribution >= 4 is 22.8 Å². The third kappa shape index (κ3) is 4.08. The van der Waals surface area contributed by atoms with Crippen LogP contribution in [0.25, 0.3) is 11.0 Å². The van der Waals surface area contributed by atoms with Gasteiger partial charge in [0.15, 0.2) is 0 Å². The molecule has 10 heteroatoms. The second kappa shape index (κ2) is 7.68. The lowest BCUT2D eigenvalue weighted by Gasteiger charge is -2.45. The van der Waals surface area contributed by atoms with Crippen LogP contribution in [0.15, 0.2) is 24.3 Å². The van der Waals surface area contributed by atoms with Crippen molar-refractivity contribution in [2.24, 2.45) is 0 Å². The molecule has 4 rings (SSSR count). The molecule has 2 saturated heterocycles. The van der Waals surface area contributed by atoms with Crippen LogP contribution in [-0.2, 0) is 20.9 Å². The molecular formula is C19H23F2N5O3. The van der Waals surface area contributed by atoms with E-state index in [4.69, 9.17) is 4.74 Å². The number of hydrogen-bond donors (Lipinski definition) is 2. The minimum absolute atomic E-state index is 0.0374. The molecule has 2 aliphatic heterocycles. The van der Waals surface area contributed by atoms with Gasteiger partial charge < -0.3 is 19.9 Å². The van der Waals surface area contributed by atoms with E-state index >= 15 is 0 Å². The number of ether oxygens (including phenoxy) is 1. The molecule has 3 heterocycles. The zero-order chi connectivity index (χ0) is 20.6. The van der Waals surface area contributed by atoms with Crippen molar-refractivity contribution in [3.05, 3.63) is 30.1 Å². The van der Waals surface area contributed by atoms with Gasteiger partial charge in [0.25, 0.3) is 5.92 Å². The van der Waals surface area contributed by atoms with Gasteiger partial charge in [-0.1, -0.05) is 12.1 Å². The van der Waals surface area contributed by atoms with Crippen LogP contribution in [0.3, 0.4) is 0 Å². The summed E-state index contributed by atoms with van der Waals surface area (Å²) in [6.45, 7) is 0.265. The van der Waals surface area contributed by atoms with E-state index in [-0.39, 0.29) is 25.1 Å². The Kier molecular flexibility index (Phi) is 5.22. The van der Waals surface area contributed by atoms with Gasteiger partial charge in [-0.3, -0.25) is 14.5 Å². The molecule has 0 spiro atoms. The number of para-hydroxylation sites is 2. The van der Waals surface area contributed by atoms with Crippen molar-refractivity contribution in [1.29, 1.82) is 0 Å². The summed E-state index contributed by atoms with van der Waals surface area (Å²) >= 11 is 0. The summed E-state index contributed by atoms with van der Waals surface area (Å²) in [6, 6.07) is 6.28. The van der Waals surface area contributed by atoms with Crippen LogP contribution in [0.5, 0.6) is 0 Å². The number of halogens is 2. The molecule has 156 valence electrons. The molecule has 8 nitrogen and oxygen atoms in total. The highest BCUT2D eigenvalue weighted by molar-refractivity contribution is 5.83. The summed E-state index contributed by atoms with van der Waals surface area (Å²) in [4.78, 5) is 35.0. The lowest BCUT2D eigenvalue weighted by molar-refractivity contribution is -0.144. The third-order valence-electron chi connectivity index (χ3n) is 5.43. The molecule has 2 amide bonds. The maximum Gasteiger partial charge on any atom is 0.262 e. The number of nitrogens with zero attached hydrogens (tertiary/aromatic N) is 3. The number of amides is 2. The Labute approximate surface area is 166 Å². The number of imidazole rings is 1. The normalized spacial score (nSPS) is 22.0. The number of hydrogen-bond acceptors (Lipinski definition) is 5. The van der Waals surface area contributed by atoms with Gasteiger partial charge in [0.1, 0.15) is 12.4 Å². The van der Waals surface area contributed by atoms with Gasteiger partial charge in [-0.25, -0.2) is 13.8 Å². The van der Waals surface area contributed by atoms with Gasteiger partial charge in [0.05, 0.1) is 30.2 Å². The SMILES string of the molecule is COCC(=O)N1CC(N2CC(F)(F)C[C@H]2C(=O)NCc2nc3ccccc3[nH]2)C1. The topological polar surface area (TPSA) is 90.6 Å². The molecule has 0 saturated carbocycles. The Morgan fingerprint density at radius 2 is 2.10 bits per heavy atom. The van der Waals surface area contributed by atoms with Crippen LogP contribution < -0.4 is 5.32 Å². The van der Waals surface area contributed by atoms with Crippen molar-refractivity contribution in [2.75, 3.05) is 33.4 Å². The number of carbonyl (C=O) groups is 2. The quantitative estimate of drug-likeness (QED) is 0.738. The van der Waals surface area contributed by atoms with Gasteiger partial charge in [-0.2, -0.15) is 0 Å². The Morgan fingerprint density at radius 3 is 2.83 bits per heavy atom. The number of methoxy groups -OCH3 is 1. The molecule has 1 atom stereocenters. The summed E-state index contributed by atoms with van der Waals surface area (Å²) in [7, 11) is 1.43. The van der Waals surface area contributed by atoms with Crippen LogP contribution in [0.4, 0.5) is 8.78 Å². The van der Waals surface area contributed by atoms with Crippen molar-refractivity contribution in [3.63, 3.8) is 0 Å². The number of nitrogens with one attached hydrogen (secondary N) is 2. The number of H-pyrrole nitrogens is 1. The second-order valence-electron chi connectivity index (χ2n) is 7.55. The van der Waals surface area contributed by atoms with Crippen LogP contribution in [0, 0.1) is 0 Å². The van der Waals surface area contributed by atoms with E-state index in [1.165, 1.54) is 12.0 Å². The van der Waals surface area contributed by atoms with Crippen LogP contribution in [0.2, 0.25) is 0 Å². The molecule has 0 aliphatic carbocycles. The van der Waals surface area contributed by atoms with E-state index < -0.39 is 30.8 Å². The van der Waals surface area contributed by atoms with E-state index in [0.29, 0.717) is 18.9 Å². The molecule has 29 heavy (non-hydrogen) atoms. The number of benzene rings is 1. The summed E-state index contributed by atoms with van der Waals surface area (Å²) < 4.78 is 32.9. The van der Waals surface area contributed by atoms with Crippen molar-refractivity contribution < 1.29 is 23.1 Å². The molecule has 0 unspecified atom stereocenters. The van der Waals surface area contributed by atoms with E-state index in [0.717, 1.165) is 11.0 Å². The first-order valence-corrected chi connectivity index (χ1v) is 9.48. The van der Waals surface area contributed by atoms with E-state index in [1.54, 1.807) is 4.90 Å². The average molecular weight is 407 g/mol. The highest BCUT2D eigenvalue weighted by Gasteiger charge is 2.52. The fraction of sp³-hybridized carbons (Fsp3) is 0.526. The summed E-state index contributed by atoms with van der Waals surface area (Å²) in [6.07, 6.45) is -0.526. The van der Waals surface area contributed by atoms with Crippen molar-refractivity contribution in [2.45, 2.75) is 31.0 Å². The molecular weight excluding hydrogens is 384 g/mol. The molecule has 1 aromatic carbocycles. The van der Waals surface area contributed by atoms with E-state index in [1.807, 2.05) is 24.3 Å². The highest BCUT2D eigenvalue weighted by atomic mass is 19.3. The maximum absolute atomic E-state index is 14.1. The van der Waals surface area contributed by atoms with E-state index in [2.05, 4.69) is 15.3 Å². The van der Waals surface area contributed by atoms with Gasteiger partial charge >= 0.3 is 0 Å². The predicted molar refractivity (Wildman–Crippen MR) is 100 cm³/mol. The summed E-state index contributed by atoms with van der Waals surface area (Å²) in [5, 5.41) is 2.72. The Hall–Kier alpha value is -2.59. The molecule has 2 N–H and O–H groups in total. The first-order chi connectivity index (χ1) is 13.9. The lowest BCUT2D eigenvalue weighted by atomic mass is 10.1. The molecule has 2 fully saturated rings. The van der Waals surface area contributed by atoms with E-state index in [9.17, 15) is 18.4 Å². The van der Waals surface area contributed by atoms with Gasteiger partial charge in [-0.05, 0) is 12.1 Å². The number of rotatable bonds is 6. The molecule has 1 aromatic heterocycles. The summed E-state index contributed by atoms with van der Waals surface area (Å²) in [5.74, 6) is -3.00. The van der Waals surface area contributed by atoms with Crippen LogP contribution >= 0.6 is 0 Å². The average Bonchev–Trinajstić information content (AvgIpc) is 3.18. The number of fused-ring (bicyclic) bond motifs is 1. The zero-order valence-electron chi connectivity index (χ0n) is 16.0. The first-order valence-electron chi connectivity index (χ1n) is 9.48. The van der Waals surface area contributed by atoms with Gasteiger partial charge in [0, 0.05) is 32.7 Å². The fourth-order valence-electron chi connectivity index (χ4n) is 3.93. The smallest absolute Gasteiger partial charge is 0.262 e.